The van der Waals surface area contributed by atoms with Crippen LogP contribution in [0.5, 0.6) is 0 Å². The first-order valence-corrected chi connectivity index (χ1v) is 9.21. The minimum absolute atomic E-state index is 0.0410. The zero-order valence-corrected chi connectivity index (χ0v) is 15.0. The highest BCUT2D eigenvalue weighted by Gasteiger charge is 2.33. The number of rotatable bonds is 5. The Labute approximate surface area is 149 Å². The first-order valence-electron chi connectivity index (χ1n) is 9.21. The molecule has 0 aromatic carbocycles. The minimum Gasteiger partial charge on any atom is -0.339 e. The van der Waals surface area contributed by atoms with Gasteiger partial charge in [-0.15, -0.1) is 6.42 Å². The lowest BCUT2D eigenvalue weighted by Crippen LogP contribution is -2.55. The molecular weight excluding hydrogens is 318 g/mol. The maximum Gasteiger partial charge on any atom is 0.240 e. The molecule has 1 aromatic rings. The molecule has 0 aliphatic carbocycles. The molecule has 7 heteroatoms. The Hall–Kier alpha value is -1.91. The zero-order chi connectivity index (χ0) is 17.6. The summed E-state index contributed by atoms with van der Waals surface area (Å²) in [5, 5.41) is 4.01. The van der Waals surface area contributed by atoms with Crippen LogP contribution in [0.4, 0.5) is 0 Å². The summed E-state index contributed by atoms with van der Waals surface area (Å²) in [6, 6.07) is -0.0410. The molecule has 0 bridgehead atoms. The second-order valence-electron chi connectivity index (χ2n) is 6.75. The molecule has 0 saturated carbocycles. The topological polar surface area (TPSA) is 65.7 Å². The number of terminal acetylenes is 1. The first-order chi connectivity index (χ1) is 12.2. The molecule has 1 amide bonds. The lowest BCUT2D eigenvalue weighted by Gasteiger charge is -2.40. The van der Waals surface area contributed by atoms with E-state index in [4.69, 9.17) is 10.9 Å². The Morgan fingerprint density at radius 3 is 2.76 bits per heavy atom. The van der Waals surface area contributed by atoms with Crippen LogP contribution >= 0.6 is 0 Å². The largest absolute Gasteiger partial charge is 0.339 e. The predicted molar refractivity (Wildman–Crippen MR) is 93.6 cm³/mol. The number of piperidine rings is 1. The summed E-state index contributed by atoms with van der Waals surface area (Å²) in [5.41, 5.74) is 0. The van der Waals surface area contributed by atoms with Gasteiger partial charge in [0.1, 0.15) is 0 Å². The second kappa shape index (κ2) is 8.45. The van der Waals surface area contributed by atoms with Crippen molar-refractivity contribution in [3.05, 3.63) is 11.7 Å². The first kappa shape index (κ1) is 17.9. The van der Waals surface area contributed by atoms with Crippen LogP contribution < -0.4 is 0 Å². The third-order valence-corrected chi connectivity index (χ3v) is 5.05. The van der Waals surface area contributed by atoms with Crippen LogP contribution in [0.2, 0.25) is 0 Å². The molecule has 25 heavy (non-hydrogen) atoms. The molecule has 0 spiro atoms. The molecule has 3 rings (SSSR count). The lowest BCUT2D eigenvalue weighted by atomic mass is 10.0. The number of aromatic nitrogens is 2. The van der Waals surface area contributed by atoms with Crippen molar-refractivity contribution >= 4 is 5.91 Å². The molecule has 0 unspecified atom stereocenters. The Morgan fingerprint density at radius 1 is 1.28 bits per heavy atom. The van der Waals surface area contributed by atoms with Crippen LogP contribution in [0.15, 0.2) is 4.52 Å². The summed E-state index contributed by atoms with van der Waals surface area (Å²) in [6.07, 6.45) is 9.37. The predicted octanol–water partition coefficient (Wildman–Crippen LogP) is 0.764. The molecule has 2 saturated heterocycles. The van der Waals surface area contributed by atoms with E-state index in [1.807, 2.05) is 11.8 Å². The van der Waals surface area contributed by atoms with E-state index in [1.165, 1.54) is 0 Å². The summed E-state index contributed by atoms with van der Waals surface area (Å²) < 4.78 is 5.15. The van der Waals surface area contributed by atoms with Crippen LogP contribution in [0.25, 0.3) is 0 Å². The average molecular weight is 345 g/mol. The molecule has 2 aliphatic rings. The highest BCUT2D eigenvalue weighted by atomic mass is 16.5. The number of nitrogens with zero attached hydrogens (tertiary/aromatic N) is 5. The van der Waals surface area contributed by atoms with Crippen molar-refractivity contribution in [3.8, 4) is 12.3 Å². The van der Waals surface area contributed by atoms with E-state index in [9.17, 15) is 4.79 Å². The van der Waals surface area contributed by atoms with Crippen LogP contribution in [-0.2, 0) is 17.8 Å². The SMILES string of the molecule is C#CCN1CCCC[C@H]1C(=O)N1CCN(Cc2noc(CC)n2)CC1. The fraction of sp³-hybridized carbons (Fsp3) is 0.722. The number of carbonyl (C=O) groups is 1. The maximum atomic E-state index is 12.9. The van der Waals surface area contributed by atoms with Gasteiger partial charge in [-0.1, -0.05) is 24.4 Å². The third-order valence-electron chi connectivity index (χ3n) is 5.05. The minimum atomic E-state index is -0.0410. The Bertz CT molecular complexity index is 615. The highest BCUT2D eigenvalue weighted by molar-refractivity contribution is 5.82. The van der Waals surface area contributed by atoms with Gasteiger partial charge in [-0.2, -0.15) is 4.98 Å². The smallest absolute Gasteiger partial charge is 0.240 e. The zero-order valence-electron chi connectivity index (χ0n) is 15.0. The molecule has 2 fully saturated rings. The van der Waals surface area contributed by atoms with Gasteiger partial charge in [0, 0.05) is 32.6 Å². The van der Waals surface area contributed by atoms with Crippen molar-refractivity contribution in [1.82, 2.24) is 24.8 Å². The summed E-state index contributed by atoms with van der Waals surface area (Å²) in [7, 11) is 0. The summed E-state index contributed by atoms with van der Waals surface area (Å²) in [5.74, 6) is 4.33. The van der Waals surface area contributed by atoms with Crippen molar-refractivity contribution in [2.45, 2.75) is 45.2 Å². The van der Waals surface area contributed by atoms with Gasteiger partial charge in [0.2, 0.25) is 11.8 Å². The quantitative estimate of drug-likeness (QED) is 0.734. The van der Waals surface area contributed by atoms with Gasteiger partial charge in [-0.05, 0) is 19.4 Å². The molecule has 7 nitrogen and oxygen atoms in total. The molecule has 0 radical (unpaired) electrons. The number of hydrogen-bond acceptors (Lipinski definition) is 6. The fourth-order valence-electron chi connectivity index (χ4n) is 3.61. The number of hydrogen-bond donors (Lipinski definition) is 0. The van der Waals surface area contributed by atoms with Gasteiger partial charge >= 0.3 is 0 Å². The van der Waals surface area contributed by atoms with Crippen LogP contribution in [0.3, 0.4) is 0 Å². The van der Waals surface area contributed by atoms with Crippen LogP contribution in [0, 0.1) is 12.3 Å². The Kier molecular flexibility index (Phi) is 6.05. The number of aryl methyl sites for hydroxylation is 1. The summed E-state index contributed by atoms with van der Waals surface area (Å²) >= 11 is 0. The number of carbonyl (C=O) groups excluding carboxylic acids is 1. The van der Waals surface area contributed by atoms with Crippen molar-refractivity contribution in [3.63, 3.8) is 0 Å². The number of piperazine rings is 1. The summed E-state index contributed by atoms with van der Waals surface area (Å²) in [4.78, 5) is 23.7. The molecule has 2 aliphatic heterocycles. The maximum absolute atomic E-state index is 12.9. The van der Waals surface area contributed by atoms with E-state index in [1.54, 1.807) is 0 Å². The van der Waals surface area contributed by atoms with Gasteiger partial charge in [-0.25, -0.2) is 0 Å². The second-order valence-corrected chi connectivity index (χ2v) is 6.75. The Morgan fingerprint density at radius 2 is 2.08 bits per heavy atom. The van der Waals surface area contributed by atoms with E-state index in [0.717, 1.165) is 64.2 Å². The van der Waals surface area contributed by atoms with Crippen molar-refractivity contribution in [2.75, 3.05) is 39.3 Å². The lowest BCUT2D eigenvalue weighted by molar-refractivity contribution is -0.139. The monoisotopic (exact) mass is 345 g/mol. The van der Waals surface area contributed by atoms with E-state index in [0.29, 0.717) is 19.0 Å². The van der Waals surface area contributed by atoms with E-state index in [2.05, 4.69) is 25.9 Å². The average Bonchev–Trinajstić information content (AvgIpc) is 3.10. The standard InChI is InChI=1S/C18H27N5O2/c1-3-8-22-9-6-5-7-15(22)18(24)23-12-10-21(11-13-23)14-16-19-17(4-2)25-20-16/h1,15H,4-14H2,2H3/t15-/m0/s1. The van der Waals surface area contributed by atoms with Gasteiger partial charge < -0.3 is 9.42 Å². The van der Waals surface area contributed by atoms with Crippen molar-refractivity contribution in [2.24, 2.45) is 0 Å². The van der Waals surface area contributed by atoms with Crippen molar-refractivity contribution < 1.29 is 9.32 Å². The molecular formula is C18H27N5O2. The van der Waals surface area contributed by atoms with Gasteiger partial charge in [0.25, 0.3) is 0 Å². The molecule has 1 atom stereocenters. The number of likely N-dealkylation sites (tertiary alicyclic amines) is 1. The van der Waals surface area contributed by atoms with Gasteiger partial charge in [0.15, 0.2) is 5.82 Å². The summed E-state index contributed by atoms with van der Waals surface area (Å²) in [6.45, 7) is 7.34. The molecule has 3 heterocycles. The normalized spacial score (nSPS) is 22.7. The van der Waals surface area contributed by atoms with E-state index >= 15 is 0 Å². The molecule has 0 N–H and O–H groups in total. The van der Waals surface area contributed by atoms with Crippen LogP contribution in [-0.4, -0.2) is 76.1 Å². The van der Waals surface area contributed by atoms with Gasteiger partial charge in [0.05, 0.1) is 19.1 Å². The van der Waals surface area contributed by atoms with Crippen molar-refractivity contribution in [1.29, 1.82) is 0 Å². The van der Waals surface area contributed by atoms with E-state index in [-0.39, 0.29) is 11.9 Å². The van der Waals surface area contributed by atoms with Crippen LogP contribution in [0.1, 0.15) is 37.9 Å². The van der Waals surface area contributed by atoms with E-state index < -0.39 is 0 Å². The number of amides is 1. The molecule has 136 valence electrons. The Balaban J connectivity index is 1.51. The molecule has 1 aromatic heterocycles. The van der Waals surface area contributed by atoms with Gasteiger partial charge in [-0.3, -0.25) is 14.6 Å². The highest BCUT2D eigenvalue weighted by Crippen LogP contribution is 2.19. The third kappa shape index (κ3) is 4.39. The fourth-order valence-corrected chi connectivity index (χ4v) is 3.61.